The molecule has 0 radical (unpaired) electrons. The Kier molecular flexibility index (Phi) is 3.06. The fourth-order valence-electron chi connectivity index (χ4n) is 2.22. The smallest absolute Gasteiger partial charge is 0.264 e. The van der Waals surface area contributed by atoms with Gasteiger partial charge >= 0.3 is 0 Å². The van der Waals surface area contributed by atoms with E-state index in [1.54, 1.807) is 0 Å². The Balaban J connectivity index is 1.62. The zero-order valence-electron chi connectivity index (χ0n) is 10.0. The number of carbonyl (C=O) groups excluding carboxylic acids is 1. The van der Waals surface area contributed by atoms with Gasteiger partial charge in [-0.1, -0.05) is 12.1 Å². The molecule has 2 aliphatic heterocycles. The number of nitrogens with one attached hydrogen (secondary N) is 2. The zero-order chi connectivity index (χ0) is 12.4. The van der Waals surface area contributed by atoms with Gasteiger partial charge in [0, 0.05) is 12.6 Å². The van der Waals surface area contributed by atoms with Crippen molar-refractivity contribution in [3.05, 3.63) is 24.3 Å². The number of hydrogen-bond acceptors (Lipinski definition) is 4. The van der Waals surface area contributed by atoms with Crippen molar-refractivity contribution >= 4 is 5.91 Å². The molecule has 1 saturated heterocycles. The fourth-order valence-corrected chi connectivity index (χ4v) is 2.22. The molecule has 0 saturated carbocycles. The summed E-state index contributed by atoms with van der Waals surface area (Å²) in [5, 5.41) is 6.18. The topological polar surface area (TPSA) is 59.6 Å². The van der Waals surface area contributed by atoms with E-state index < -0.39 is 6.10 Å². The Morgan fingerprint density at radius 2 is 2.17 bits per heavy atom. The predicted molar refractivity (Wildman–Crippen MR) is 65.8 cm³/mol. The predicted octanol–water partition coefficient (Wildman–Crippen LogP) is 0.304. The molecule has 96 valence electrons. The van der Waals surface area contributed by atoms with Crippen molar-refractivity contribution in [2.45, 2.75) is 18.6 Å². The van der Waals surface area contributed by atoms with Crippen molar-refractivity contribution < 1.29 is 14.3 Å². The molecule has 1 aromatic carbocycles. The molecule has 0 bridgehead atoms. The van der Waals surface area contributed by atoms with Crippen LogP contribution < -0.4 is 20.1 Å². The molecule has 1 amide bonds. The lowest BCUT2D eigenvalue weighted by atomic mass is 10.2. The minimum absolute atomic E-state index is 0.0989. The van der Waals surface area contributed by atoms with E-state index in [-0.39, 0.29) is 18.6 Å². The third-order valence-corrected chi connectivity index (χ3v) is 3.21. The number of carbonyl (C=O) groups is 1. The largest absolute Gasteiger partial charge is 0.485 e. The van der Waals surface area contributed by atoms with Crippen LogP contribution in [0.5, 0.6) is 11.5 Å². The summed E-state index contributed by atoms with van der Waals surface area (Å²) in [6.07, 6.45) is 0.413. The summed E-state index contributed by atoms with van der Waals surface area (Å²) in [5.41, 5.74) is 0. The second kappa shape index (κ2) is 4.86. The average Bonchev–Trinajstić information content (AvgIpc) is 2.91. The van der Waals surface area contributed by atoms with Gasteiger partial charge in [0.1, 0.15) is 6.61 Å². The van der Waals surface area contributed by atoms with Crippen LogP contribution in [0.15, 0.2) is 24.3 Å². The first-order valence-electron chi connectivity index (χ1n) is 6.22. The molecule has 0 spiro atoms. The van der Waals surface area contributed by atoms with Crippen molar-refractivity contribution in [3.8, 4) is 11.5 Å². The molecule has 1 fully saturated rings. The Morgan fingerprint density at radius 3 is 2.94 bits per heavy atom. The summed E-state index contributed by atoms with van der Waals surface area (Å²) in [5.74, 6) is 1.23. The molecule has 2 N–H and O–H groups in total. The maximum absolute atomic E-state index is 12.0. The van der Waals surface area contributed by atoms with Crippen LogP contribution in [0.4, 0.5) is 0 Å². The number of fused-ring (bicyclic) bond motifs is 1. The van der Waals surface area contributed by atoms with Crippen LogP contribution >= 0.6 is 0 Å². The monoisotopic (exact) mass is 248 g/mol. The molecule has 2 heterocycles. The van der Waals surface area contributed by atoms with Crippen LogP contribution in [0.25, 0.3) is 0 Å². The van der Waals surface area contributed by atoms with Crippen molar-refractivity contribution in [1.82, 2.24) is 10.6 Å². The molecule has 2 atom stereocenters. The quantitative estimate of drug-likeness (QED) is 0.790. The molecule has 1 aromatic rings. The molecule has 5 heteroatoms. The second-order valence-electron chi connectivity index (χ2n) is 4.56. The Hall–Kier alpha value is -1.75. The van der Waals surface area contributed by atoms with E-state index in [1.807, 2.05) is 24.3 Å². The number of benzene rings is 1. The zero-order valence-corrected chi connectivity index (χ0v) is 10.0. The van der Waals surface area contributed by atoms with Crippen molar-refractivity contribution in [2.24, 2.45) is 0 Å². The summed E-state index contributed by atoms with van der Waals surface area (Å²) in [4.78, 5) is 12.0. The molecular formula is C13H16N2O3. The first-order chi connectivity index (χ1) is 8.83. The lowest BCUT2D eigenvalue weighted by molar-refractivity contribution is -0.130. The van der Waals surface area contributed by atoms with Gasteiger partial charge in [-0.2, -0.15) is 0 Å². The van der Waals surface area contributed by atoms with Crippen LogP contribution in [0.2, 0.25) is 0 Å². The lowest BCUT2D eigenvalue weighted by Crippen LogP contribution is -2.48. The first-order valence-corrected chi connectivity index (χ1v) is 6.22. The number of amides is 1. The Morgan fingerprint density at radius 1 is 1.33 bits per heavy atom. The molecule has 0 aromatic heterocycles. The average molecular weight is 248 g/mol. The van der Waals surface area contributed by atoms with E-state index in [2.05, 4.69) is 10.6 Å². The van der Waals surface area contributed by atoms with Crippen LogP contribution in [-0.2, 0) is 4.79 Å². The summed E-state index contributed by atoms with van der Waals surface area (Å²) in [6.45, 7) is 2.05. The van der Waals surface area contributed by atoms with Crippen LogP contribution in [0.1, 0.15) is 6.42 Å². The molecular weight excluding hydrogens is 232 g/mol. The first kappa shape index (κ1) is 11.3. The van der Waals surface area contributed by atoms with Gasteiger partial charge in [0.05, 0.1) is 0 Å². The molecule has 18 heavy (non-hydrogen) atoms. The maximum atomic E-state index is 12.0. The summed E-state index contributed by atoms with van der Waals surface area (Å²) < 4.78 is 11.2. The highest BCUT2D eigenvalue weighted by Crippen LogP contribution is 2.30. The molecule has 5 nitrogen and oxygen atoms in total. The number of hydrogen-bond donors (Lipinski definition) is 2. The van der Waals surface area contributed by atoms with Gasteiger partial charge < -0.3 is 20.1 Å². The van der Waals surface area contributed by atoms with Gasteiger partial charge in [-0.15, -0.1) is 0 Å². The van der Waals surface area contributed by atoms with E-state index in [9.17, 15) is 4.79 Å². The minimum atomic E-state index is -0.555. The molecule has 2 aliphatic rings. The highest BCUT2D eigenvalue weighted by molar-refractivity contribution is 5.82. The lowest BCUT2D eigenvalue weighted by Gasteiger charge is -2.26. The van der Waals surface area contributed by atoms with Crippen LogP contribution in [0, 0.1) is 0 Å². The number of para-hydroxylation sites is 2. The Bertz CT molecular complexity index is 444. The van der Waals surface area contributed by atoms with Gasteiger partial charge in [-0.3, -0.25) is 4.79 Å². The number of rotatable bonds is 2. The van der Waals surface area contributed by atoms with Crippen molar-refractivity contribution in [1.29, 1.82) is 0 Å². The third kappa shape index (κ3) is 2.26. The molecule has 0 aliphatic carbocycles. The highest BCUT2D eigenvalue weighted by Gasteiger charge is 2.29. The van der Waals surface area contributed by atoms with E-state index in [1.165, 1.54) is 0 Å². The summed E-state index contributed by atoms with van der Waals surface area (Å²) >= 11 is 0. The van der Waals surface area contributed by atoms with Gasteiger partial charge in [0.2, 0.25) is 6.10 Å². The summed E-state index contributed by atoms with van der Waals surface area (Å²) in [7, 11) is 0. The van der Waals surface area contributed by atoms with E-state index in [4.69, 9.17) is 9.47 Å². The van der Waals surface area contributed by atoms with Gasteiger partial charge in [0.25, 0.3) is 5.91 Å². The Labute approximate surface area is 105 Å². The van der Waals surface area contributed by atoms with E-state index in [0.29, 0.717) is 11.5 Å². The highest BCUT2D eigenvalue weighted by atomic mass is 16.6. The summed E-state index contributed by atoms with van der Waals surface area (Å²) in [6, 6.07) is 7.60. The van der Waals surface area contributed by atoms with Crippen molar-refractivity contribution in [3.63, 3.8) is 0 Å². The standard InChI is InChI=1S/C13H16N2O3/c16-13(15-9-5-6-14-7-9)12-8-17-10-3-1-2-4-11(10)18-12/h1-4,9,12,14H,5-8H2,(H,15,16)/t9-,12?/m0/s1. The molecule has 3 rings (SSSR count). The van der Waals surface area contributed by atoms with Gasteiger partial charge in [-0.25, -0.2) is 0 Å². The normalized spacial score (nSPS) is 25.8. The van der Waals surface area contributed by atoms with E-state index >= 15 is 0 Å². The number of ether oxygens (including phenoxy) is 2. The second-order valence-corrected chi connectivity index (χ2v) is 4.56. The van der Waals surface area contributed by atoms with Gasteiger partial charge in [0.15, 0.2) is 11.5 Å². The SMILES string of the molecule is O=C(N[C@H]1CCNC1)C1COc2ccccc2O1. The minimum Gasteiger partial charge on any atom is -0.485 e. The molecule has 1 unspecified atom stereocenters. The van der Waals surface area contributed by atoms with Crippen LogP contribution in [-0.4, -0.2) is 37.7 Å². The van der Waals surface area contributed by atoms with E-state index in [0.717, 1.165) is 19.5 Å². The van der Waals surface area contributed by atoms with Gasteiger partial charge in [-0.05, 0) is 25.1 Å². The van der Waals surface area contributed by atoms with Crippen LogP contribution in [0.3, 0.4) is 0 Å². The third-order valence-electron chi connectivity index (χ3n) is 3.21. The van der Waals surface area contributed by atoms with Crippen molar-refractivity contribution in [2.75, 3.05) is 19.7 Å². The fraction of sp³-hybridized carbons (Fsp3) is 0.462. The maximum Gasteiger partial charge on any atom is 0.264 e.